The van der Waals surface area contributed by atoms with Gasteiger partial charge in [-0.3, -0.25) is 0 Å². The summed E-state index contributed by atoms with van der Waals surface area (Å²) < 4.78 is 5.03. The maximum Gasteiger partial charge on any atom is 0.331 e. The second kappa shape index (κ2) is 12.7. The van der Waals surface area contributed by atoms with Crippen LogP contribution in [0.15, 0.2) is 23.8 Å². The fourth-order valence-electron chi connectivity index (χ4n) is 2.10. The van der Waals surface area contributed by atoms with Gasteiger partial charge >= 0.3 is 5.97 Å². The molecule has 2 unspecified atom stereocenters. The van der Waals surface area contributed by atoms with E-state index < -0.39 is 0 Å². The van der Waals surface area contributed by atoms with Crippen molar-refractivity contribution in [2.24, 2.45) is 11.8 Å². The number of carbonyl (C=O) groups excluding carboxylic acids is 1. The van der Waals surface area contributed by atoms with Crippen molar-refractivity contribution in [3.63, 3.8) is 0 Å². The summed E-state index contributed by atoms with van der Waals surface area (Å²) in [6, 6.07) is 0. The van der Waals surface area contributed by atoms with Gasteiger partial charge in [0.05, 0.1) is 6.61 Å². The van der Waals surface area contributed by atoms with Crippen LogP contribution >= 0.6 is 0 Å². The van der Waals surface area contributed by atoms with Gasteiger partial charge in [0, 0.05) is 6.08 Å². The number of esters is 1. The molecule has 122 valence electrons. The third-order valence-electron chi connectivity index (χ3n) is 3.80. The van der Waals surface area contributed by atoms with Crippen LogP contribution in [0.2, 0.25) is 0 Å². The van der Waals surface area contributed by atoms with E-state index in [0.717, 1.165) is 24.3 Å². The Kier molecular flexibility index (Phi) is 12.0. The first-order valence-corrected chi connectivity index (χ1v) is 8.51. The summed E-state index contributed by atoms with van der Waals surface area (Å²) in [6.45, 7) is 11.3. The quantitative estimate of drug-likeness (QED) is 0.278. The zero-order chi connectivity index (χ0) is 16.1. The Morgan fingerprint density at radius 1 is 1.14 bits per heavy atom. The molecule has 2 atom stereocenters. The molecule has 0 bridgehead atoms. The molecule has 0 aliphatic rings. The monoisotopic (exact) mass is 294 g/mol. The number of ether oxygens (including phenoxy) is 1. The van der Waals surface area contributed by atoms with Crippen LogP contribution in [0.3, 0.4) is 0 Å². The summed E-state index contributed by atoms with van der Waals surface area (Å²) >= 11 is 0. The van der Waals surface area contributed by atoms with Gasteiger partial charge in [0.1, 0.15) is 0 Å². The minimum absolute atomic E-state index is 0.236. The Morgan fingerprint density at radius 3 is 2.43 bits per heavy atom. The molecule has 21 heavy (non-hydrogen) atoms. The van der Waals surface area contributed by atoms with Crippen LogP contribution in [-0.2, 0) is 9.53 Å². The summed E-state index contributed by atoms with van der Waals surface area (Å²) in [5.74, 6) is 1.33. The lowest BCUT2D eigenvalue weighted by molar-refractivity contribution is -0.137. The Hall–Kier alpha value is -1.05. The lowest BCUT2D eigenvalue weighted by Crippen LogP contribution is -2.01. The molecule has 0 spiro atoms. The van der Waals surface area contributed by atoms with Gasteiger partial charge in [-0.15, -0.1) is 0 Å². The number of carbonyl (C=O) groups is 1. The first kappa shape index (κ1) is 19.9. The molecule has 0 fully saturated rings. The van der Waals surface area contributed by atoms with Crippen molar-refractivity contribution in [1.82, 2.24) is 0 Å². The van der Waals surface area contributed by atoms with Crippen molar-refractivity contribution in [3.05, 3.63) is 23.8 Å². The van der Waals surface area contributed by atoms with Crippen LogP contribution in [0.5, 0.6) is 0 Å². The highest BCUT2D eigenvalue weighted by Crippen LogP contribution is 2.17. The summed E-state index contributed by atoms with van der Waals surface area (Å²) in [4.78, 5) is 11.4. The van der Waals surface area contributed by atoms with Crippen molar-refractivity contribution in [1.29, 1.82) is 0 Å². The van der Waals surface area contributed by atoms with Crippen LogP contribution in [0.4, 0.5) is 0 Å². The number of allylic oxidation sites excluding steroid dienone is 3. The minimum atomic E-state index is -0.236. The van der Waals surface area contributed by atoms with Crippen LogP contribution in [-0.4, -0.2) is 12.6 Å². The lowest BCUT2D eigenvalue weighted by Gasteiger charge is -2.11. The van der Waals surface area contributed by atoms with Crippen LogP contribution < -0.4 is 0 Å². The van der Waals surface area contributed by atoms with Gasteiger partial charge in [0.2, 0.25) is 0 Å². The second-order valence-electron chi connectivity index (χ2n) is 6.24. The zero-order valence-electron chi connectivity index (χ0n) is 14.7. The van der Waals surface area contributed by atoms with E-state index in [-0.39, 0.29) is 5.97 Å². The number of rotatable bonds is 11. The summed E-state index contributed by atoms with van der Waals surface area (Å²) in [6.07, 6.45) is 12.9. The average molecular weight is 294 g/mol. The number of hydrogen-bond acceptors (Lipinski definition) is 2. The predicted octanol–water partition coefficient (Wildman–Crippen LogP) is 5.68. The molecule has 2 nitrogen and oxygen atoms in total. The van der Waals surface area contributed by atoms with Crippen molar-refractivity contribution < 1.29 is 9.53 Å². The molecule has 0 amide bonds. The van der Waals surface area contributed by atoms with Gasteiger partial charge in [0.25, 0.3) is 0 Å². The van der Waals surface area contributed by atoms with Gasteiger partial charge in [-0.2, -0.15) is 0 Å². The third kappa shape index (κ3) is 12.4. The Morgan fingerprint density at radius 2 is 1.81 bits per heavy atom. The maximum absolute atomic E-state index is 11.4. The molecule has 0 N–H and O–H groups in total. The fourth-order valence-corrected chi connectivity index (χ4v) is 2.10. The predicted molar refractivity (Wildman–Crippen MR) is 91.2 cm³/mol. The molecular weight excluding hydrogens is 260 g/mol. The molecule has 0 radical (unpaired) electrons. The van der Waals surface area contributed by atoms with Crippen molar-refractivity contribution in [2.45, 2.75) is 73.1 Å². The third-order valence-corrected chi connectivity index (χ3v) is 3.80. The molecule has 0 aromatic carbocycles. The van der Waals surface area contributed by atoms with E-state index in [4.69, 9.17) is 4.74 Å². The first-order valence-electron chi connectivity index (χ1n) is 8.51. The molecule has 0 saturated carbocycles. The Bertz CT molecular complexity index is 328. The van der Waals surface area contributed by atoms with Crippen LogP contribution in [0, 0.1) is 11.8 Å². The van der Waals surface area contributed by atoms with Gasteiger partial charge in [-0.25, -0.2) is 4.79 Å². The molecule has 0 heterocycles. The first-order chi connectivity index (χ1) is 9.99. The van der Waals surface area contributed by atoms with E-state index >= 15 is 0 Å². The highest BCUT2D eigenvalue weighted by molar-refractivity contribution is 5.83. The standard InChI is InChI=1S/C19H34O2/c1-6-14-21-19(20)15-18(5)13-9-12-17(4)11-8-10-16(3)7-2/h9,13,15-17H,6-8,10-12,14H2,1-5H3/b13-9+,18-15+. The molecule has 0 aromatic heterocycles. The minimum Gasteiger partial charge on any atom is -0.463 e. The van der Waals surface area contributed by atoms with E-state index in [0.29, 0.717) is 12.5 Å². The van der Waals surface area contributed by atoms with Crippen LogP contribution in [0.25, 0.3) is 0 Å². The molecule has 2 heteroatoms. The topological polar surface area (TPSA) is 26.3 Å². The largest absolute Gasteiger partial charge is 0.463 e. The number of hydrogen-bond donors (Lipinski definition) is 0. The SMILES string of the molecule is CCCOC(=O)/C=C(C)/C=C/CC(C)CCCC(C)CC. The molecule has 0 rings (SSSR count). The molecular formula is C19H34O2. The van der Waals surface area contributed by atoms with Gasteiger partial charge < -0.3 is 4.74 Å². The maximum atomic E-state index is 11.4. The summed E-state index contributed by atoms with van der Waals surface area (Å²) in [5, 5.41) is 0. The lowest BCUT2D eigenvalue weighted by atomic mass is 9.95. The van der Waals surface area contributed by atoms with Crippen LogP contribution in [0.1, 0.15) is 73.1 Å². The van der Waals surface area contributed by atoms with E-state index in [1.54, 1.807) is 6.08 Å². The van der Waals surface area contributed by atoms with Gasteiger partial charge in [0.15, 0.2) is 0 Å². The zero-order valence-corrected chi connectivity index (χ0v) is 14.7. The molecule has 0 aromatic rings. The van der Waals surface area contributed by atoms with E-state index in [1.807, 2.05) is 19.9 Å². The highest BCUT2D eigenvalue weighted by Gasteiger charge is 2.03. The smallest absolute Gasteiger partial charge is 0.331 e. The van der Waals surface area contributed by atoms with E-state index in [9.17, 15) is 4.79 Å². The molecule has 0 aliphatic carbocycles. The Labute approximate surface area is 131 Å². The van der Waals surface area contributed by atoms with Crippen molar-refractivity contribution in [2.75, 3.05) is 6.61 Å². The Balaban J connectivity index is 3.91. The van der Waals surface area contributed by atoms with E-state index in [2.05, 4.69) is 26.8 Å². The van der Waals surface area contributed by atoms with Gasteiger partial charge in [-0.1, -0.05) is 65.5 Å². The summed E-state index contributed by atoms with van der Waals surface area (Å²) in [7, 11) is 0. The van der Waals surface area contributed by atoms with Crippen molar-refractivity contribution in [3.8, 4) is 0 Å². The second-order valence-corrected chi connectivity index (χ2v) is 6.24. The molecule has 0 saturated heterocycles. The van der Waals surface area contributed by atoms with E-state index in [1.165, 1.54) is 25.7 Å². The fraction of sp³-hybridized carbons (Fsp3) is 0.737. The van der Waals surface area contributed by atoms with Crippen molar-refractivity contribution >= 4 is 5.97 Å². The highest BCUT2D eigenvalue weighted by atomic mass is 16.5. The normalized spacial score (nSPS) is 15.2. The molecule has 0 aliphatic heterocycles. The average Bonchev–Trinajstić information content (AvgIpc) is 2.44. The summed E-state index contributed by atoms with van der Waals surface area (Å²) in [5.41, 5.74) is 0.961. The van der Waals surface area contributed by atoms with Gasteiger partial charge in [-0.05, 0) is 37.2 Å².